The number of imidazole rings is 1. The largest absolute Gasteiger partial charge is 0.311 e. The minimum atomic E-state index is -0.207. The third-order valence-electron chi connectivity index (χ3n) is 4.02. The number of hydrogen-bond donors (Lipinski definition) is 1. The van der Waals surface area contributed by atoms with E-state index in [9.17, 15) is 4.39 Å². The van der Waals surface area contributed by atoms with Gasteiger partial charge in [-0.2, -0.15) is 0 Å². The predicted octanol–water partition coefficient (Wildman–Crippen LogP) is 3.41. The van der Waals surface area contributed by atoms with Gasteiger partial charge in [0.1, 0.15) is 5.82 Å². The maximum atomic E-state index is 13.1. The van der Waals surface area contributed by atoms with Crippen molar-refractivity contribution < 1.29 is 4.39 Å². The first-order valence-electron chi connectivity index (χ1n) is 7.26. The van der Waals surface area contributed by atoms with Gasteiger partial charge in [0, 0.05) is 35.6 Å². The summed E-state index contributed by atoms with van der Waals surface area (Å²) in [5, 5.41) is 3.41. The molecule has 0 radical (unpaired) electrons. The fraction of sp³-hybridized carbons (Fsp3) is 0.312. The molecule has 1 N–H and O–H groups in total. The van der Waals surface area contributed by atoms with Crippen LogP contribution in [0.5, 0.6) is 0 Å². The lowest BCUT2D eigenvalue weighted by Crippen LogP contribution is -2.23. The molecule has 3 nitrogen and oxygen atoms in total. The molecule has 2 aromatic heterocycles. The number of rotatable bonds is 2. The van der Waals surface area contributed by atoms with Crippen molar-refractivity contribution in [2.24, 2.45) is 0 Å². The Hall–Kier alpha value is -1.72. The van der Waals surface area contributed by atoms with Crippen LogP contribution in [0.2, 0.25) is 0 Å². The first kappa shape index (κ1) is 13.0. The molecule has 5 heteroatoms. The summed E-state index contributed by atoms with van der Waals surface area (Å²) in [4.78, 5) is 7.27. The number of nitrogens with one attached hydrogen (secondary N) is 1. The van der Waals surface area contributed by atoms with Gasteiger partial charge in [0.05, 0.1) is 11.4 Å². The van der Waals surface area contributed by atoms with E-state index in [1.165, 1.54) is 28.4 Å². The van der Waals surface area contributed by atoms with Crippen LogP contribution in [0.1, 0.15) is 23.2 Å². The zero-order chi connectivity index (χ0) is 14.4. The van der Waals surface area contributed by atoms with E-state index < -0.39 is 0 Å². The summed E-state index contributed by atoms with van der Waals surface area (Å²) in [7, 11) is 0. The number of halogens is 1. The highest BCUT2D eigenvalue weighted by molar-refractivity contribution is 7.17. The topological polar surface area (TPSA) is 29.3 Å². The third-order valence-corrected chi connectivity index (χ3v) is 5.11. The monoisotopic (exact) mass is 301 g/mol. The Bertz CT molecular complexity index is 801. The second-order valence-corrected chi connectivity index (χ2v) is 6.35. The second-order valence-electron chi connectivity index (χ2n) is 5.28. The minimum absolute atomic E-state index is 0.207. The summed E-state index contributed by atoms with van der Waals surface area (Å²) in [6.45, 7) is 4.12. The lowest BCUT2D eigenvalue weighted by Gasteiger charge is -2.13. The van der Waals surface area contributed by atoms with E-state index in [4.69, 9.17) is 4.98 Å². The zero-order valence-electron chi connectivity index (χ0n) is 11.8. The van der Waals surface area contributed by atoms with Crippen LogP contribution in [-0.4, -0.2) is 15.9 Å². The van der Waals surface area contributed by atoms with Gasteiger partial charge in [-0.1, -0.05) is 18.3 Å². The van der Waals surface area contributed by atoms with Crippen molar-refractivity contribution in [3.05, 3.63) is 46.3 Å². The lowest BCUT2D eigenvalue weighted by atomic mass is 10.1. The molecule has 3 heterocycles. The lowest BCUT2D eigenvalue weighted by molar-refractivity contribution is 0.628. The van der Waals surface area contributed by atoms with Crippen LogP contribution in [-0.2, 0) is 19.4 Å². The molecule has 3 aromatic rings. The van der Waals surface area contributed by atoms with E-state index in [2.05, 4.69) is 16.6 Å². The predicted molar refractivity (Wildman–Crippen MR) is 83.3 cm³/mol. The number of aromatic nitrogens is 2. The van der Waals surface area contributed by atoms with Crippen molar-refractivity contribution in [2.75, 3.05) is 6.54 Å². The van der Waals surface area contributed by atoms with Crippen LogP contribution < -0.4 is 5.32 Å². The van der Waals surface area contributed by atoms with E-state index in [1.807, 2.05) is 12.1 Å². The summed E-state index contributed by atoms with van der Waals surface area (Å²) >= 11 is 1.76. The molecule has 0 amide bonds. The van der Waals surface area contributed by atoms with E-state index in [0.29, 0.717) is 0 Å². The van der Waals surface area contributed by atoms with E-state index in [-0.39, 0.29) is 5.82 Å². The SMILES string of the molecule is CCc1c(-c2ccc(F)cc2)nc2sc3c(n12)CCNC3. The van der Waals surface area contributed by atoms with Gasteiger partial charge < -0.3 is 5.32 Å². The number of aryl methyl sites for hydroxylation is 1. The Morgan fingerprint density at radius 1 is 1.33 bits per heavy atom. The molecule has 1 aliphatic rings. The quantitative estimate of drug-likeness (QED) is 0.786. The highest BCUT2D eigenvalue weighted by Gasteiger charge is 2.22. The van der Waals surface area contributed by atoms with Crippen molar-refractivity contribution in [1.29, 1.82) is 0 Å². The van der Waals surface area contributed by atoms with Crippen molar-refractivity contribution in [3.8, 4) is 11.3 Å². The molecule has 1 aromatic carbocycles. The molecule has 0 saturated carbocycles. The first-order chi connectivity index (χ1) is 10.3. The Balaban J connectivity index is 1.94. The van der Waals surface area contributed by atoms with Crippen LogP contribution in [0.25, 0.3) is 16.2 Å². The number of nitrogens with zero attached hydrogens (tertiary/aromatic N) is 2. The summed E-state index contributed by atoms with van der Waals surface area (Å²) in [6, 6.07) is 6.63. The molecule has 1 aliphatic heterocycles. The molecule has 108 valence electrons. The molecular weight excluding hydrogens is 285 g/mol. The fourth-order valence-electron chi connectivity index (χ4n) is 3.03. The first-order valence-corrected chi connectivity index (χ1v) is 8.08. The van der Waals surface area contributed by atoms with Gasteiger partial charge in [0.15, 0.2) is 4.96 Å². The van der Waals surface area contributed by atoms with Gasteiger partial charge in [0.25, 0.3) is 0 Å². The van der Waals surface area contributed by atoms with E-state index >= 15 is 0 Å². The van der Waals surface area contributed by atoms with Gasteiger partial charge in [-0.15, -0.1) is 0 Å². The highest BCUT2D eigenvalue weighted by Crippen LogP contribution is 2.33. The molecule has 21 heavy (non-hydrogen) atoms. The van der Waals surface area contributed by atoms with Crippen LogP contribution in [0.3, 0.4) is 0 Å². The fourth-order valence-corrected chi connectivity index (χ4v) is 4.19. The molecule has 0 bridgehead atoms. The molecule has 0 aliphatic carbocycles. The Kier molecular flexibility index (Phi) is 3.05. The summed E-state index contributed by atoms with van der Waals surface area (Å²) < 4.78 is 15.4. The minimum Gasteiger partial charge on any atom is -0.311 e. The van der Waals surface area contributed by atoms with Gasteiger partial charge >= 0.3 is 0 Å². The van der Waals surface area contributed by atoms with Crippen molar-refractivity contribution in [1.82, 2.24) is 14.7 Å². The number of hydrogen-bond acceptors (Lipinski definition) is 3. The maximum absolute atomic E-state index is 13.1. The number of fused-ring (bicyclic) bond motifs is 3. The van der Waals surface area contributed by atoms with E-state index in [1.54, 1.807) is 11.3 Å². The Morgan fingerprint density at radius 2 is 2.14 bits per heavy atom. The summed E-state index contributed by atoms with van der Waals surface area (Å²) in [6.07, 6.45) is 1.96. The average Bonchev–Trinajstić information content (AvgIpc) is 3.03. The molecule has 0 spiro atoms. The van der Waals surface area contributed by atoms with Gasteiger partial charge in [0.2, 0.25) is 0 Å². The highest BCUT2D eigenvalue weighted by atomic mass is 32.1. The van der Waals surface area contributed by atoms with Crippen LogP contribution in [0.4, 0.5) is 4.39 Å². The smallest absolute Gasteiger partial charge is 0.194 e. The third kappa shape index (κ3) is 2.00. The van der Waals surface area contributed by atoms with Gasteiger partial charge in [-0.3, -0.25) is 4.40 Å². The maximum Gasteiger partial charge on any atom is 0.194 e. The molecule has 0 saturated heterocycles. The average molecular weight is 301 g/mol. The van der Waals surface area contributed by atoms with Crippen molar-refractivity contribution in [3.63, 3.8) is 0 Å². The number of benzene rings is 1. The molecule has 0 fully saturated rings. The molecular formula is C16H16FN3S. The second kappa shape index (κ2) is 4.93. The number of thiazole rings is 1. The normalized spacial score (nSPS) is 14.6. The van der Waals surface area contributed by atoms with Gasteiger partial charge in [-0.25, -0.2) is 9.37 Å². The summed E-state index contributed by atoms with van der Waals surface area (Å²) in [5.41, 5.74) is 4.61. The zero-order valence-corrected chi connectivity index (χ0v) is 12.6. The molecule has 0 unspecified atom stereocenters. The van der Waals surface area contributed by atoms with Gasteiger partial charge in [-0.05, 0) is 30.7 Å². The Labute approximate surface area is 126 Å². The van der Waals surface area contributed by atoms with Crippen LogP contribution >= 0.6 is 11.3 Å². The van der Waals surface area contributed by atoms with E-state index in [0.717, 1.165) is 42.1 Å². The molecule has 4 rings (SSSR count). The van der Waals surface area contributed by atoms with Crippen molar-refractivity contribution in [2.45, 2.75) is 26.3 Å². The van der Waals surface area contributed by atoms with Crippen LogP contribution in [0, 0.1) is 5.82 Å². The molecule has 0 atom stereocenters. The van der Waals surface area contributed by atoms with Crippen LogP contribution in [0.15, 0.2) is 24.3 Å². The standard InChI is InChI=1S/C16H16FN3S/c1-2-12-15(10-3-5-11(17)6-4-10)19-16-20(12)13-7-8-18-9-14(13)21-16/h3-6,18H,2,7-9H2,1H3. The van der Waals surface area contributed by atoms with Crippen molar-refractivity contribution >= 4 is 16.3 Å². The summed E-state index contributed by atoms with van der Waals surface area (Å²) in [5.74, 6) is -0.207. The Morgan fingerprint density at radius 3 is 2.90 bits per heavy atom.